The summed E-state index contributed by atoms with van der Waals surface area (Å²) >= 11 is 0. The van der Waals surface area contributed by atoms with Crippen molar-refractivity contribution in [2.24, 2.45) is 10.9 Å². The lowest BCUT2D eigenvalue weighted by molar-refractivity contribution is 0.183. The van der Waals surface area contributed by atoms with Gasteiger partial charge in [0.25, 0.3) is 0 Å². The lowest BCUT2D eigenvalue weighted by Crippen LogP contribution is -2.51. The normalized spacial score (nSPS) is 32.8. The zero-order valence-electron chi connectivity index (χ0n) is 7.84. The van der Waals surface area contributed by atoms with E-state index in [-0.39, 0.29) is 6.42 Å². The molecule has 0 aliphatic heterocycles. The number of aliphatic hydroxyl groups excluding tert-OH is 1. The Hall–Kier alpha value is -0.850. The first-order valence-corrected chi connectivity index (χ1v) is 5.75. The topological polar surface area (TPSA) is 106 Å². The quantitative estimate of drug-likeness (QED) is 0.564. The first-order chi connectivity index (χ1) is 6.33. The molecule has 0 saturated carbocycles. The number of hydrogen-bond acceptors (Lipinski definition) is 4. The van der Waals surface area contributed by atoms with Crippen LogP contribution in [-0.2, 0) is 10.0 Å². The molecule has 0 aromatic carbocycles. The van der Waals surface area contributed by atoms with Gasteiger partial charge in [0.15, 0.2) is 0 Å². The molecule has 14 heavy (non-hydrogen) atoms. The highest BCUT2D eigenvalue weighted by Crippen LogP contribution is 2.30. The van der Waals surface area contributed by atoms with Crippen molar-refractivity contribution in [1.82, 2.24) is 0 Å². The van der Waals surface area contributed by atoms with Gasteiger partial charge < -0.3 is 10.8 Å². The molecule has 0 saturated heterocycles. The number of rotatable bonds is 2. The fraction of sp³-hybridized carbons (Fsp3) is 0.500. The van der Waals surface area contributed by atoms with Gasteiger partial charge in [0.05, 0.1) is 6.10 Å². The number of nitrogens with two attached hydrogens (primary N) is 2. The molecule has 5 nitrogen and oxygen atoms in total. The number of allylic oxidation sites excluding steroid dienone is 1. The van der Waals surface area contributed by atoms with Crippen molar-refractivity contribution in [3.8, 4) is 0 Å². The highest BCUT2D eigenvalue weighted by Gasteiger charge is 2.44. The van der Waals surface area contributed by atoms with Crippen molar-refractivity contribution in [2.75, 3.05) is 0 Å². The van der Waals surface area contributed by atoms with E-state index in [1.54, 1.807) is 6.92 Å². The molecule has 0 heterocycles. The molecule has 0 aromatic rings. The van der Waals surface area contributed by atoms with Gasteiger partial charge in [-0.25, -0.2) is 13.6 Å². The average molecular weight is 218 g/mol. The summed E-state index contributed by atoms with van der Waals surface area (Å²) in [4.78, 5) is 0. The summed E-state index contributed by atoms with van der Waals surface area (Å²) < 4.78 is 21.3. The van der Waals surface area contributed by atoms with E-state index in [2.05, 4.69) is 0 Å². The lowest BCUT2D eigenvalue weighted by atomic mass is 9.93. The van der Waals surface area contributed by atoms with Crippen LogP contribution in [0.15, 0.2) is 23.9 Å². The Morgan fingerprint density at radius 1 is 1.64 bits per heavy atom. The fourth-order valence-corrected chi connectivity index (χ4v) is 2.57. The second-order valence-electron chi connectivity index (χ2n) is 3.30. The first-order valence-electron chi connectivity index (χ1n) is 4.20. The number of primary sulfonamides is 1. The van der Waals surface area contributed by atoms with Crippen LogP contribution in [0.4, 0.5) is 0 Å². The van der Waals surface area contributed by atoms with Crippen LogP contribution in [0.3, 0.4) is 0 Å². The monoisotopic (exact) mass is 218 g/mol. The minimum Gasteiger partial charge on any atom is -0.399 e. The van der Waals surface area contributed by atoms with E-state index >= 15 is 0 Å². The molecule has 6 heteroatoms. The van der Waals surface area contributed by atoms with Crippen molar-refractivity contribution in [3.63, 3.8) is 0 Å². The summed E-state index contributed by atoms with van der Waals surface area (Å²) in [6, 6.07) is 0. The Morgan fingerprint density at radius 3 is 2.57 bits per heavy atom. The molecule has 0 radical (unpaired) electrons. The molecular weight excluding hydrogens is 204 g/mol. The number of aliphatic hydroxyl groups is 1. The zero-order chi connectivity index (χ0) is 11.0. The van der Waals surface area contributed by atoms with Crippen LogP contribution in [0, 0.1) is 0 Å². The third-order valence-corrected chi connectivity index (χ3v) is 4.22. The maximum Gasteiger partial charge on any atom is 0.221 e. The van der Waals surface area contributed by atoms with Crippen LogP contribution in [0.5, 0.6) is 0 Å². The third kappa shape index (κ3) is 1.56. The zero-order valence-corrected chi connectivity index (χ0v) is 8.66. The van der Waals surface area contributed by atoms with Gasteiger partial charge >= 0.3 is 0 Å². The summed E-state index contributed by atoms with van der Waals surface area (Å²) in [7, 11) is -3.85. The minimum absolute atomic E-state index is 0.202. The van der Waals surface area contributed by atoms with Gasteiger partial charge in [0.2, 0.25) is 10.0 Å². The summed E-state index contributed by atoms with van der Waals surface area (Å²) in [5.41, 5.74) is 5.76. The smallest absolute Gasteiger partial charge is 0.221 e. The Labute approximate surface area is 83.1 Å². The lowest BCUT2D eigenvalue weighted by Gasteiger charge is -2.32. The SMILES string of the molecule is CCC1(S(N)(=O)=O)C=CC(N)=CC1O. The predicted octanol–water partition coefficient (Wildman–Crippen LogP) is -0.803. The van der Waals surface area contributed by atoms with Crippen molar-refractivity contribution < 1.29 is 13.5 Å². The fourth-order valence-electron chi connectivity index (χ4n) is 1.51. The molecule has 0 bridgehead atoms. The standard InChI is InChI=1S/C8H14N2O3S/c1-2-8(14(10,12)13)4-3-6(9)5-7(8)11/h3-5,7,11H,2,9H2,1H3,(H2,10,12,13). The second kappa shape index (κ2) is 3.38. The minimum atomic E-state index is -3.85. The number of sulfonamides is 1. The molecule has 80 valence electrons. The Morgan fingerprint density at radius 2 is 2.21 bits per heavy atom. The van der Waals surface area contributed by atoms with E-state index in [9.17, 15) is 13.5 Å². The molecule has 0 aromatic heterocycles. The van der Waals surface area contributed by atoms with E-state index in [0.717, 1.165) is 0 Å². The van der Waals surface area contributed by atoms with Gasteiger partial charge in [-0.1, -0.05) is 13.0 Å². The predicted molar refractivity (Wildman–Crippen MR) is 53.5 cm³/mol. The van der Waals surface area contributed by atoms with Gasteiger partial charge in [0, 0.05) is 5.70 Å². The molecule has 0 amide bonds. The second-order valence-corrected chi connectivity index (χ2v) is 5.15. The maximum atomic E-state index is 11.4. The van der Waals surface area contributed by atoms with Crippen molar-refractivity contribution in [1.29, 1.82) is 0 Å². The van der Waals surface area contributed by atoms with Crippen LogP contribution in [0.25, 0.3) is 0 Å². The highest BCUT2D eigenvalue weighted by atomic mass is 32.2. The first kappa shape index (κ1) is 11.2. The Kier molecular flexibility index (Phi) is 2.71. The largest absolute Gasteiger partial charge is 0.399 e. The summed E-state index contributed by atoms with van der Waals surface area (Å²) in [6.45, 7) is 1.65. The molecule has 0 spiro atoms. The van der Waals surface area contributed by atoms with Gasteiger partial charge in [-0.2, -0.15) is 0 Å². The van der Waals surface area contributed by atoms with Gasteiger partial charge in [0.1, 0.15) is 4.75 Å². The van der Waals surface area contributed by atoms with Crippen molar-refractivity contribution in [3.05, 3.63) is 23.9 Å². The Balaban J connectivity index is 3.25. The van der Waals surface area contributed by atoms with Crippen LogP contribution in [-0.4, -0.2) is 24.4 Å². The summed E-state index contributed by atoms with van der Waals surface area (Å²) in [6.07, 6.45) is 3.09. The van der Waals surface area contributed by atoms with E-state index < -0.39 is 20.9 Å². The van der Waals surface area contributed by atoms with E-state index in [0.29, 0.717) is 5.70 Å². The van der Waals surface area contributed by atoms with Crippen molar-refractivity contribution >= 4 is 10.0 Å². The third-order valence-electron chi connectivity index (χ3n) is 2.49. The van der Waals surface area contributed by atoms with Crippen LogP contribution < -0.4 is 10.9 Å². The van der Waals surface area contributed by atoms with Crippen LogP contribution in [0.1, 0.15) is 13.3 Å². The molecule has 1 aliphatic rings. The van der Waals surface area contributed by atoms with Crippen LogP contribution >= 0.6 is 0 Å². The van der Waals surface area contributed by atoms with Gasteiger partial charge in [-0.05, 0) is 18.6 Å². The molecular formula is C8H14N2O3S. The molecule has 0 fully saturated rings. The van der Waals surface area contributed by atoms with Crippen LogP contribution in [0.2, 0.25) is 0 Å². The highest BCUT2D eigenvalue weighted by molar-refractivity contribution is 7.90. The summed E-state index contributed by atoms with van der Waals surface area (Å²) in [5, 5.41) is 14.7. The van der Waals surface area contributed by atoms with E-state index in [4.69, 9.17) is 10.9 Å². The van der Waals surface area contributed by atoms with Crippen molar-refractivity contribution in [2.45, 2.75) is 24.2 Å². The average Bonchev–Trinajstić information content (AvgIpc) is 2.02. The maximum absolute atomic E-state index is 11.4. The van der Waals surface area contributed by atoms with Gasteiger partial charge in [-0.3, -0.25) is 0 Å². The molecule has 1 rings (SSSR count). The molecule has 2 unspecified atom stereocenters. The van der Waals surface area contributed by atoms with E-state index in [1.165, 1.54) is 18.2 Å². The molecule has 5 N–H and O–H groups in total. The van der Waals surface area contributed by atoms with Gasteiger partial charge in [-0.15, -0.1) is 0 Å². The summed E-state index contributed by atoms with van der Waals surface area (Å²) in [5.74, 6) is 0. The van der Waals surface area contributed by atoms with E-state index in [1.807, 2.05) is 0 Å². The molecule has 2 atom stereocenters. The number of hydrogen-bond donors (Lipinski definition) is 3. The Bertz CT molecular complexity index is 385. The molecule has 1 aliphatic carbocycles.